The van der Waals surface area contributed by atoms with Crippen LogP contribution in [-0.4, -0.2) is 69.3 Å². The number of likely N-dealkylation sites (tertiary alicyclic amines) is 1. The average molecular weight is 419 g/mol. The Morgan fingerprint density at radius 3 is 2.50 bits per heavy atom. The summed E-state index contributed by atoms with van der Waals surface area (Å²) < 4.78 is 0. The molecule has 0 saturated carbocycles. The molecule has 30 heavy (non-hydrogen) atoms. The Balaban J connectivity index is 1.96. The molecule has 1 fully saturated rings. The van der Waals surface area contributed by atoms with Gasteiger partial charge in [-0.1, -0.05) is 0 Å². The summed E-state index contributed by atoms with van der Waals surface area (Å²) in [6.45, 7) is 1.83. The van der Waals surface area contributed by atoms with E-state index in [4.69, 9.17) is 10.8 Å². The normalized spacial score (nSPS) is 17.6. The van der Waals surface area contributed by atoms with E-state index in [0.29, 0.717) is 19.4 Å². The maximum absolute atomic E-state index is 12.8. The van der Waals surface area contributed by atoms with Gasteiger partial charge in [-0.25, -0.2) is 0 Å². The maximum Gasteiger partial charge on any atom is 0.305 e. The molecular formula is C19H25N5O6. The lowest BCUT2D eigenvalue weighted by Gasteiger charge is -2.28. The van der Waals surface area contributed by atoms with Gasteiger partial charge < -0.3 is 26.4 Å². The molecule has 1 aliphatic heterocycles. The monoisotopic (exact) mass is 419 g/mol. The molecule has 11 nitrogen and oxygen atoms in total. The number of hydrogen-bond donors (Lipinski definition) is 4. The van der Waals surface area contributed by atoms with Gasteiger partial charge in [0.05, 0.1) is 12.8 Å². The molecule has 1 aliphatic rings. The minimum absolute atomic E-state index is 0.0829. The first-order valence-corrected chi connectivity index (χ1v) is 9.49. The van der Waals surface area contributed by atoms with Gasteiger partial charge >= 0.3 is 5.97 Å². The Morgan fingerprint density at radius 2 is 1.90 bits per heavy atom. The van der Waals surface area contributed by atoms with Crippen molar-refractivity contribution in [3.8, 4) is 0 Å². The number of pyridine rings is 1. The molecule has 0 spiro atoms. The first-order valence-electron chi connectivity index (χ1n) is 9.49. The number of aromatic nitrogens is 1. The minimum atomic E-state index is -1.37. The van der Waals surface area contributed by atoms with Crippen LogP contribution >= 0.6 is 0 Å². The van der Waals surface area contributed by atoms with Crippen LogP contribution in [0.25, 0.3) is 0 Å². The van der Waals surface area contributed by atoms with Crippen molar-refractivity contribution in [1.82, 2.24) is 20.5 Å². The number of nitrogens with two attached hydrogens (primary N) is 1. The van der Waals surface area contributed by atoms with E-state index in [1.54, 1.807) is 24.5 Å². The van der Waals surface area contributed by atoms with Crippen LogP contribution in [0.5, 0.6) is 0 Å². The van der Waals surface area contributed by atoms with Crippen LogP contribution in [0, 0.1) is 0 Å². The van der Waals surface area contributed by atoms with Gasteiger partial charge in [0.1, 0.15) is 18.1 Å². The zero-order chi connectivity index (χ0) is 22.3. The summed E-state index contributed by atoms with van der Waals surface area (Å²) in [5.74, 6) is -3.70. The van der Waals surface area contributed by atoms with Crippen molar-refractivity contribution in [3.63, 3.8) is 0 Å². The lowest BCUT2D eigenvalue weighted by atomic mass is 10.1. The Labute approximate surface area is 173 Å². The summed E-state index contributed by atoms with van der Waals surface area (Å²) in [4.78, 5) is 65.0. The molecule has 2 rings (SSSR count). The molecular weight excluding hydrogens is 394 g/mol. The number of nitrogens with one attached hydrogen (secondary N) is 2. The number of carboxylic acids is 1. The summed E-state index contributed by atoms with van der Waals surface area (Å²) in [5, 5.41) is 13.8. The highest BCUT2D eigenvalue weighted by molar-refractivity contribution is 5.95. The number of rotatable bonds is 9. The molecule has 0 aromatic carbocycles. The van der Waals surface area contributed by atoms with Gasteiger partial charge in [0.25, 0.3) is 0 Å². The summed E-state index contributed by atoms with van der Waals surface area (Å²) >= 11 is 0. The van der Waals surface area contributed by atoms with Gasteiger partial charge in [-0.2, -0.15) is 0 Å². The van der Waals surface area contributed by atoms with Crippen LogP contribution in [0.2, 0.25) is 0 Å². The third kappa shape index (κ3) is 6.26. The highest BCUT2D eigenvalue weighted by Gasteiger charge is 2.37. The summed E-state index contributed by atoms with van der Waals surface area (Å²) in [6.07, 6.45) is 3.47. The zero-order valence-electron chi connectivity index (χ0n) is 16.5. The Kier molecular flexibility index (Phi) is 7.84. The van der Waals surface area contributed by atoms with E-state index in [2.05, 4.69) is 15.6 Å². The number of amides is 4. The SMILES string of the molecule is C[C@H](NC(=O)Cc1ccncc1)C(=O)N1CCC[C@@H]1C(=O)N[C@@H](CC(=O)O)C(N)=O. The van der Waals surface area contributed by atoms with Crippen LogP contribution in [0.1, 0.15) is 31.7 Å². The van der Waals surface area contributed by atoms with Crippen molar-refractivity contribution in [3.05, 3.63) is 30.1 Å². The van der Waals surface area contributed by atoms with Crippen LogP contribution in [0.15, 0.2) is 24.5 Å². The molecule has 5 N–H and O–H groups in total. The van der Waals surface area contributed by atoms with E-state index < -0.39 is 48.2 Å². The van der Waals surface area contributed by atoms with E-state index in [1.807, 2.05) is 0 Å². The van der Waals surface area contributed by atoms with Gasteiger partial charge in [-0.3, -0.25) is 29.0 Å². The fourth-order valence-corrected chi connectivity index (χ4v) is 3.26. The Morgan fingerprint density at radius 1 is 1.23 bits per heavy atom. The van der Waals surface area contributed by atoms with E-state index in [9.17, 15) is 24.0 Å². The largest absolute Gasteiger partial charge is 0.481 e. The average Bonchev–Trinajstić information content (AvgIpc) is 3.16. The first kappa shape index (κ1) is 22.8. The molecule has 1 aromatic rings. The molecule has 1 aromatic heterocycles. The molecule has 1 saturated heterocycles. The number of carboxylic acid groups (broad SMARTS) is 1. The lowest BCUT2D eigenvalue weighted by Crippen LogP contribution is -2.55. The molecule has 0 aliphatic carbocycles. The maximum atomic E-state index is 12.8. The zero-order valence-corrected chi connectivity index (χ0v) is 16.5. The summed E-state index contributed by atoms with van der Waals surface area (Å²) in [5.41, 5.74) is 5.89. The van der Waals surface area contributed by atoms with Gasteiger partial charge in [-0.05, 0) is 37.5 Å². The highest BCUT2D eigenvalue weighted by atomic mass is 16.4. The smallest absolute Gasteiger partial charge is 0.305 e. The standard InChI is InChI=1S/C19H25N5O6/c1-11(22-15(25)9-12-4-6-21-7-5-12)19(30)24-8-2-3-14(24)18(29)23-13(17(20)28)10-16(26)27/h4-7,11,13-14H,2-3,8-10H2,1H3,(H2,20,28)(H,22,25)(H,23,29)(H,26,27)/t11-,13-,14+/m0/s1. The van der Waals surface area contributed by atoms with E-state index >= 15 is 0 Å². The van der Waals surface area contributed by atoms with E-state index in [0.717, 1.165) is 5.56 Å². The second-order valence-electron chi connectivity index (χ2n) is 7.07. The fraction of sp³-hybridized carbons (Fsp3) is 0.474. The van der Waals surface area contributed by atoms with Crippen LogP contribution in [-0.2, 0) is 30.4 Å². The summed E-state index contributed by atoms with van der Waals surface area (Å²) in [7, 11) is 0. The topological polar surface area (TPSA) is 172 Å². The Hall–Kier alpha value is -3.50. The Bertz CT molecular complexity index is 815. The quantitative estimate of drug-likeness (QED) is 0.380. The van der Waals surface area contributed by atoms with Crippen molar-refractivity contribution < 1.29 is 29.1 Å². The number of carbonyl (C=O) groups is 5. The van der Waals surface area contributed by atoms with Crippen molar-refractivity contribution in [2.45, 2.75) is 50.7 Å². The number of nitrogens with zero attached hydrogens (tertiary/aromatic N) is 2. The van der Waals surface area contributed by atoms with Gasteiger partial charge in [-0.15, -0.1) is 0 Å². The number of aliphatic carboxylic acids is 1. The predicted octanol–water partition coefficient (Wildman–Crippen LogP) is -1.44. The van der Waals surface area contributed by atoms with Gasteiger partial charge in [0, 0.05) is 18.9 Å². The van der Waals surface area contributed by atoms with Gasteiger partial charge in [0.2, 0.25) is 23.6 Å². The second-order valence-corrected chi connectivity index (χ2v) is 7.07. The van der Waals surface area contributed by atoms with E-state index in [1.165, 1.54) is 11.8 Å². The van der Waals surface area contributed by atoms with Crippen LogP contribution in [0.3, 0.4) is 0 Å². The molecule has 0 unspecified atom stereocenters. The van der Waals surface area contributed by atoms with Crippen molar-refractivity contribution >= 4 is 29.6 Å². The van der Waals surface area contributed by atoms with Crippen LogP contribution < -0.4 is 16.4 Å². The molecule has 4 amide bonds. The number of hydrogen-bond acceptors (Lipinski definition) is 6. The molecule has 3 atom stereocenters. The predicted molar refractivity (Wildman–Crippen MR) is 104 cm³/mol. The summed E-state index contributed by atoms with van der Waals surface area (Å²) in [6, 6.07) is 0.287. The van der Waals surface area contributed by atoms with Crippen molar-refractivity contribution in [2.75, 3.05) is 6.54 Å². The van der Waals surface area contributed by atoms with Gasteiger partial charge in [0.15, 0.2) is 0 Å². The molecule has 0 radical (unpaired) electrons. The van der Waals surface area contributed by atoms with Crippen molar-refractivity contribution in [2.24, 2.45) is 5.73 Å². The van der Waals surface area contributed by atoms with Crippen LogP contribution in [0.4, 0.5) is 0 Å². The molecule has 2 heterocycles. The first-order chi connectivity index (χ1) is 14.2. The van der Waals surface area contributed by atoms with Crippen molar-refractivity contribution in [1.29, 1.82) is 0 Å². The minimum Gasteiger partial charge on any atom is -0.481 e. The molecule has 11 heteroatoms. The molecule has 162 valence electrons. The second kappa shape index (κ2) is 10.3. The third-order valence-corrected chi connectivity index (χ3v) is 4.74. The highest BCUT2D eigenvalue weighted by Crippen LogP contribution is 2.19. The fourth-order valence-electron chi connectivity index (χ4n) is 3.26. The third-order valence-electron chi connectivity index (χ3n) is 4.74. The number of carbonyl (C=O) groups excluding carboxylic acids is 4. The number of primary amides is 1. The molecule has 0 bridgehead atoms. The van der Waals surface area contributed by atoms with E-state index in [-0.39, 0.29) is 12.3 Å². The lowest BCUT2D eigenvalue weighted by molar-refractivity contribution is -0.143.